The molecule has 0 aromatic carbocycles. The zero-order valence-electron chi connectivity index (χ0n) is 5.76. The monoisotopic (exact) mass is 197 g/mol. The van der Waals surface area contributed by atoms with Crippen molar-refractivity contribution in [2.45, 2.75) is 10.5 Å². The first-order valence-electron chi connectivity index (χ1n) is 3.40. The van der Waals surface area contributed by atoms with Crippen LogP contribution in [-0.4, -0.2) is 28.7 Å². The van der Waals surface area contributed by atoms with Gasteiger partial charge in [-0.15, -0.1) is 35.9 Å². The van der Waals surface area contributed by atoms with Gasteiger partial charge in [0, 0.05) is 18.1 Å². The predicted octanol–water partition coefficient (Wildman–Crippen LogP) is 1.58. The summed E-state index contributed by atoms with van der Waals surface area (Å²) in [5.74, 6) is 2.73. The zero-order valence-corrected chi connectivity index (χ0v) is 8.21. The lowest BCUT2D eigenvalue weighted by molar-refractivity contribution is 0.853. The van der Waals surface area contributed by atoms with Crippen LogP contribution < -0.4 is 5.32 Å². The van der Waals surface area contributed by atoms with Gasteiger partial charge in [-0.25, -0.2) is 0 Å². The first-order chi connectivity index (χ1) is 4.41. The van der Waals surface area contributed by atoms with Gasteiger partial charge in [-0.2, -0.15) is 0 Å². The molecular formula is C6H12ClNS2. The highest BCUT2D eigenvalue weighted by atomic mass is 35.5. The Morgan fingerprint density at radius 1 is 1.20 bits per heavy atom. The average molecular weight is 198 g/mol. The Morgan fingerprint density at radius 2 is 1.90 bits per heavy atom. The van der Waals surface area contributed by atoms with Crippen molar-refractivity contribution in [3.63, 3.8) is 0 Å². The second-order valence-corrected chi connectivity index (χ2v) is 5.75. The van der Waals surface area contributed by atoms with Crippen molar-refractivity contribution in [1.29, 1.82) is 0 Å². The molecule has 10 heavy (non-hydrogen) atoms. The van der Waals surface area contributed by atoms with E-state index in [1.807, 2.05) is 0 Å². The topological polar surface area (TPSA) is 12.0 Å². The van der Waals surface area contributed by atoms with E-state index in [1.165, 1.54) is 31.0 Å². The molecule has 0 saturated carbocycles. The number of hydrogen-bond acceptors (Lipinski definition) is 3. The van der Waals surface area contributed by atoms with Crippen LogP contribution in [0.2, 0.25) is 0 Å². The minimum atomic E-state index is 0. The lowest BCUT2D eigenvalue weighted by Gasteiger charge is -2.17. The van der Waals surface area contributed by atoms with E-state index in [2.05, 4.69) is 28.8 Å². The van der Waals surface area contributed by atoms with Gasteiger partial charge >= 0.3 is 0 Å². The van der Waals surface area contributed by atoms with Crippen molar-refractivity contribution in [2.24, 2.45) is 0 Å². The Hall–Kier alpha value is 0.950. The molecule has 1 N–H and O–H groups in total. The van der Waals surface area contributed by atoms with E-state index in [0.29, 0.717) is 4.08 Å². The van der Waals surface area contributed by atoms with E-state index in [-0.39, 0.29) is 12.4 Å². The van der Waals surface area contributed by atoms with Gasteiger partial charge in [0.2, 0.25) is 0 Å². The summed E-state index contributed by atoms with van der Waals surface area (Å²) < 4.78 is 0.611. The van der Waals surface area contributed by atoms with E-state index >= 15 is 0 Å². The van der Waals surface area contributed by atoms with Gasteiger partial charge in [-0.3, -0.25) is 0 Å². The molecule has 0 aliphatic carbocycles. The van der Waals surface area contributed by atoms with Crippen molar-refractivity contribution < 1.29 is 0 Å². The maximum atomic E-state index is 3.41. The third-order valence-electron chi connectivity index (χ3n) is 1.89. The molecule has 1 nitrogen and oxygen atoms in total. The van der Waals surface area contributed by atoms with E-state index in [0.717, 1.165) is 0 Å². The molecule has 4 heteroatoms. The van der Waals surface area contributed by atoms with Crippen molar-refractivity contribution >= 4 is 35.9 Å². The molecule has 1 spiro atoms. The summed E-state index contributed by atoms with van der Waals surface area (Å²) in [6, 6.07) is 0. The van der Waals surface area contributed by atoms with Crippen molar-refractivity contribution in [3.05, 3.63) is 0 Å². The Kier molecular flexibility index (Phi) is 3.22. The van der Waals surface area contributed by atoms with Gasteiger partial charge < -0.3 is 5.32 Å². The van der Waals surface area contributed by atoms with E-state index in [1.54, 1.807) is 0 Å². The van der Waals surface area contributed by atoms with Gasteiger partial charge in [0.1, 0.15) is 0 Å². The standard InChI is InChI=1S/C6H11NS2.ClH/c1-2-7-5-6(1)8-3-4-9-6;/h7H,1-5H2;1H. The van der Waals surface area contributed by atoms with Crippen LogP contribution in [0.25, 0.3) is 0 Å². The highest BCUT2D eigenvalue weighted by molar-refractivity contribution is 8.21. The van der Waals surface area contributed by atoms with Crippen molar-refractivity contribution in [2.75, 3.05) is 24.6 Å². The number of nitrogens with one attached hydrogen (secondary N) is 1. The number of hydrogen-bond donors (Lipinski definition) is 1. The third kappa shape index (κ3) is 1.58. The minimum absolute atomic E-state index is 0. The van der Waals surface area contributed by atoms with Gasteiger partial charge in [0.05, 0.1) is 4.08 Å². The van der Waals surface area contributed by atoms with Gasteiger partial charge in [0.25, 0.3) is 0 Å². The summed E-state index contributed by atoms with van der Waals surface area (Å²) in [6.45, 7) is 2.47. The molecule has 0 amide bonds. The van der Waals surface area contributed by atoms with Crippen molar-refractivity contribution in [1.82, 2.24) is 5.32 Å². The maximum Gasteiger partial charge on any atom is 0.0747 e. The molecule has 0 bridgehead atoms. The molecule has 0 aromatic heterocycles. The van der Waals surface area contributed by atoms with Crippen LogP contribution >= 0.6 is 35.9 Å². The molecular weight excluding hydrogens is 186 g/mol. The van der Waals surface area contributed by atoms with Gasteiger partial charge in [-0.05, 0) is 13.0 Å². The second kappa shape index (κ2) is 3.57. The van der Waals surface area contributed by atoms with Crippen LogP contribution in [0.3, 0.4) is 0 Å². The molecule has 0 aromatic rings. The van der Waals surface area contributed by atoms with Crippen LogP contribution in [0.1, 0.15) is 6.42 Å². The third-order valence-corrected chi connectivity index (χ3v) is 5.42. The summed E-state index contributed by atoms with van der Waals surface area (Å²) in [6.07, 6.45) is 1.38. The first-order valence-corrected chi connectivity index (χ1v) is 5.37. The van der Waals surface area contributed by atoms with Gasteiger partial charge in [0.15, 0.2) is 0 Å². The lowest BCUT2D eigenvalue weighted by atomic mass is 10.4. The molecule has 0 atom stereocenters. The molecule has 2 heterocycles. The Morgan fingerprint density at radius 3 is 2.40 bits per heavy atom. The molecule has 2 rings (SSSR count). The lowest BCUT2D eigenvalue weighted by Crippen LogP contribution is -2.20. The fourth-order valence-corrected chi connectivity index (χ4v) is 4.53. The van der Waals surface area contributed by atoms with Crippen LogP contribution in [0.4, 0.5) is 0 Å². The summed E-state index contributed by atoms with van der Waals surface area (Å²) in [7, 11) is 0. The molecule has 0 unspecified atom stereocenters. The highest BCUT2D eigenvalue weighted by Crippen LogP contribution is 2.47. The Labute approximate surface area is 76.5 Å². The van der Waals surface area contributed by atoms with E-state index < -0.39 is 0 Å². The fraction of sp³-hybridized carbons (Fsp3) is 1.00. The smallest absolute Gasteiger partial charge is 0.0747 e. The second-order valence-electron chi connectivity index (χ2n) is 2.53. The first kappa shape index (κ1) is 9.04. The predicted molar refractivity (Wildman–Crippen MR) is 52.4 cm³/mol. The highest BCUT2D eigenvalue weighted by Gasteiger charge is 2.37. The SMILES string of the molecule is C1CC2(CN1)SCCS2.Cl. The Bertz CT molecular complexity index is 90.8. The van der Waals surface area contributed by atoms with Crippen molar-refractivity contribution in [3.8, 4) is 0 Å². The normalized spacial score (nSPS) is 28.8. The van der Waals surface area contributed by atoms with Crippen LogP contribution in [0.5, 0.6) is 0 Å². The van der Waals surface area contributed by atoms with Crippen LogP contribution in [-0.2, 0) is 0 Å². The number of rotatable bonds is 0. The maximum absolute atomic E-state index is 3.41. The summed E-state index contributed by atoms with van der Waals surface area (Å²) in [5, 5.41) is 3.41. The molecule has 60 valence electrons. The zero-order chi connectivity index (χ0) is 6.16. The molecule has 2 aliphatic rings. The number of halogens is 1. The molecule has 2 saturated heterocycles. The number of thioether (sulfide) groups is 2. The fourth-order valence-electron chi connectivity index (χ4n) is 1.39. The molecule has 2 fully saturated rings. The molecule has 2 aliphatic heterocycles. The minimum Gasteiger partial charge on any atom is -0.314 e. The van der Waals surface area contributed by atoms with E-state index in [4.69, 9.17) is 0 Å². The van der Waals surface area contributed by atoms with E-state index in [9.17, 15) is 0 Å². The van der Waals surface area contributed by atoms with Crippen LogP contribution in [0.15, 0.2) is 0 Å². The van der Waals surface area contributed by atoms with Gasteiger partial charge in [-0.1, -0.05) is 0 Å². The average Bonchev–Trinajstić information content (AvgIpc) is 2.45. The summed E-state index contributed by atoms with van der Waals surface area (Å²) in [4.78, 5) is 0. The molecule has 0 radical (unpaired) electrons. The largest absolute Gasteiger partial charge is 0.314 e. The van der Waals surface area contributed by atoms with Crippen LogP contribution in [0, 0.1) is 0 Å². The summed E-state index contributed by atoms with van der Waals surface area (Å²) in [5.41, 5.74) is 0. The Balaban J connectivity index is 0.000000500. The quantitative estimate of drug-likeness (QED) is 0.634. The summed E-state index contributed by atoms with van der Waals surface area (Å²) >= 11 is 4.31.